The van der Waals surface area contributed by atoms with Crippen LogP contribution in [-0.2, 0) is 0 Å². The molecular weight excluding hydrogens is 246 g/mol. The molecule has 3 nitrogen and oxygen atoms in total. The molecule has 2 N–H and O–H groups in total. The SMILES string of the molecule is O=C(NCC1CCCC1CO)c1ccccc1S. The van der Waals surface area contributed by atoms with Gasteiger partial charge in [0.25, 0.3) is 5.91 Å². The smallest absolute Gasteiger partial charge is 0.252 e. The van der Waals surface area contributed by atoms with Crippen molar-refractivity contribution in [3.05, 3.63) is 29.8 Å². The summed E-state index contributed by atoms with van der Waals surface area (Å²) in [5, 5.41) is 12.2. The van der Waals surface area contributed by atoms with Crippen molar-refractivity contribution < 1.29 is 9.90 Å². The number of rotatable bonds is 4. The molecule has 1 fully saturated rings. The van der Waals surface area contributed by atoms with Crippen molar-refractivity contribution in [2.24, 2.45) is 11.8 Å². The first-order chi connectivity index (χ1) is 8.72. The minimum Gasteiger partial charge on any atom is -0.396 e. The molecule has 0 bridgehead atoms. The second-order valence-corrected chi connectivity index (χ2v) is 5.34. The third-order valence-electron chi connectivity index (χ3n) is 3.72. The molecule has 1 aliphatic carbocycles. The van der Waals surface area contributed by atoms with E-state index < -0.39 is 0 Å². The summed E-state index contributed by atoms with van der Waals surface area (Å²) < 4.78 is 0. The lowest BCUT2D eigenvalue weighted by atomic mass is 9.97. The van der Waals surface area contributed by atoms with Crippen LogP contribution in [0, 0.1) is 11.8 Å². The summed E-state index contributed by atoms with van der Waals surface area (Å²) in [4.78, 5) is 12.7. The lowest BCUT2D eigenvalue weighted by molar-refractivity contribution is 0.0935. The lowest BCUT2D eigenvalue weighted by Gasteiger charge is -2.18. The number of amides is 1. The van der Waals surface area contributed by atoms with Gasteiger partial charge in [-0.15, -0.1) is 12.6 Å². The first-order valence-electron chi connectivity index (χ1n) is 6.39. The summed E-state index contributed by atoms with van der Waals surface area (Å²) in [6.07, 6.45) is 3.31. The number of hydrogen-bond acceptors (Lipinski definition) is 3. The Labute approximate surface area is 113 Å². The number of benzene rings is 1. The highest BCUT2D eigenvalue weighted by atomic mass is 32.1. The van der Waals surface area contributed by atoms with Crippen LogP contribution in [0.1, 0.15) is 29.6 Å². The van der Waals surface area contributed by atoms with Crippen LogP contribution in [0.4, 0.5) is 0 Å². The largest absolute Gasteiger partial charge is 0.396 e. The molecule has 1 amide bonds. The molecule has 2 unspecified atom stereocenters. The molecule has 1 aliphatic rings. The fourth-order valence-electron chi connectivity index (χ4n) is 2.61. The van der Waals surface area contributed by atoms with Gasteiger partial charge < -0.3 is 10.4 Å². The molecule has 1 aromatic carbocycles. The number of aliphatic hydroxyl groups is 1. The molecular formula is C14H19NO2S. The Morgan fingerprint density at radius 2 is 2.06 bits per heavy atom. The number of carbonyl (C=O) groups is 1. The topological polar surface area (TPSA) is 49.3 Å². The van der Waals surface area contributed by atoms with Gasteiger partial charge in [0.15, 0.2) is 0 Å². The third-order valence-corrected chi connectivity index (χ3v) is 4.11. The Morgan fingerprint density at radius 1 is 1.33 bits per heavy atom. The van der Waals surface area contributed by atoms with E-state index in [1.165, 1.54) is 0 Å². The second-order valence-electron chi connectivity index (χ2n) is 4.86. The van der Waals surface area contributed by atoms with Crippen molar-refractivity contribution in [1.82, 2.24) is 5.32 Å². The highest BCUT2D eigenvalue weighted by Gasteiger charge is 2.26. The number of thiol groups is 1. The number of aliphatic hydroxyl groups excluding tert-OH is 1. The molecule has 2 rings (SSSR count). The highest BCUT2D eigenvalue weighted by Crippen LogP contribution is 2.30. The van der Waals surface area contributed by atoms with E-state index in [4.69, 9.17) is 0 Å². The molecule has 1 aromatic rings. The zero-order valence-corrected chi connectivity index (χ0v) is 11.2. The fourth-order valence-corrected chi connectivity index (χ4v) is 2.87. The third kappa shape index (κ3) is 3.06. The minimum absolute atomic E-state index is 0.0795. The normalized spacial score (nSPS) is 23.0. The predicted octanol–water partition coefficient (Wildman–Crippen LogP) is 2.11. The van der Waals surface area contributed by atoms with Gasteiger partial charge in [0, 0.05) is 18.0 Å². The summed E-state index contributed by atoms with van der Waals surface area (Å²) in [5.41, 5.74) is 0.611. The van der Waals surface area contributed by atoms with Crippen molar-refractivity contribution in [3.63, 3.8) is 0 Å². The molecule has 0 aromatic heterocycles. The first-order valence-corrected chi connectivity index (χ1v) is 6.84. The molecule has 2 atom stereocenters. The zero-order valence-electron chi connectivity index (χ0n) is 10.3. The van der Waals surface area contributed by atoms with E-state index in [-0.39, 0.29) is 12.5 Å². The number of nitrogens with one attached hydrogen (secondary N) is 1. The van der Waals surface area contributed by atoms with E-state index in [0.29, 0.717) is 28.8 Å². The minimum atomic E-state index is -0.0795. The van der Waals surface area contributed by atoms with Crippen molar-refractivity contribution in [2.45, 2.75) is 24.2 Å². The first kappa shape index (κ1) is 13.4. The van der Waals surface area contributed by atoms with Gasteiger partial charge in [-0.05, 0) is 36.8 Å². The molecule has 0 heterocycles. The molecule has 0 radical (unpaired) electrons. The molecule has 18 heavy (non-hydrogen) atoms. The average molecular weight is 265 g/mol. The quantitative estimate of drug-likeness (QED) is 0.730. The van der Waals surface area contributed by atoms with E-state index in [9.17, 15) is 9.90 Å². The Morgan fingerprint density at radius 3 is 2.78 bits per heavy atom. The van der Waals surface area contributed by atoms with Gasteiger partial charge in [0.2, 0.25) is 0 Å². The van der Waals surface area contributed by atoms with Gasteiger partial charge in [-0.3, -0.25) is 4.79 Å². The molecule has 98 valence electrons. The fraction of sp³-hybridized carbons (Fsp3) is 0.500. The zero-order chi connectivity index (χ0) is 13.0. The van der Waals surface area contributed by atoms with E-state index in [0.717, 1.165) is 19.3 Å². The van der Waals surface area contributed by atoms with E-state index in [1.807, 2.05) is 18.2 Å². The van der Waals surface area contributed by atoms with Crippen molar-refractivity contribution in [3.8, 4) is 0 Å². The van der Waals surface area contributed by atoms with Crippen molar-refractivity contribution >= 4 is 18.5 Å². The number of carbonyl (C=O) groups excluding carboxylic acids is 1. The molecule has 4 heteroatoms. The predicted molar refractivity (Wildman–Crippen MR) is 73.9 cm³/mol. The van der Waals surface area contributed by atoms with Crippen molar-refractivity contribution in [1.29, 1.82) is 0 Å². The summed E-state index contributed by atoms with van der Waals surface area (Å²) in [6.45, 7) is 0.871. The summed E-state index contributed by atoms with van der Waals surface area (Å²) in [5.74, 6) is 0.673. The van der Waals surface area contributed by atoms with Crippen LogP contribution in [0.15, 0.2) is 29.2 Å². The van der Waals surface area contributed by atoms with Gasteiger partial charge in [-0.1, -0.05) is 18.6 Å². The summed E-state index contributed by atoms with van der Waals surface area (Å²) in [6, 6.07) is 7.28. The van der Waals surface area contributed by atoms with Gasteiger partial charge in [-0.2, -0.15) is 0 Å². The second kappa shape index (κ2) is 6.25. The lowest BCUT2D eigenvalue weighted by Crippen LogP contribution is -2.31. The highest BCUT2D eigenvalue weighted by molar-refractivity contribution is 7.80. The molecule has 0 spiro atoms. The van der Waals surface area contributed by atoms with E-state index in [1.54, 1.807) is 6.07 Å². The van der Waals surface area contributed by atoms with Crippen LogP contribution >= 0.6 is 12.6 Å². The van der Waals surface area contributed by atoms with Gasteiger partial charge in [0.05, 0.1) is 5.56 Å². The summed E-state index contributed by atoms with van der Waals surface area (Å²) >= 11 is 4.28. The van der Waals surface area contributed by atoms with Crippen LogP contribution < -0.4 is 5.32 Å². The monoisotopic (exact) mass is 265 g/mol. The van der Waals surface area contributed by atoms with Gasteiger partial charge >= 0.3 is 0 Å². The van der Waals surface area contributed by atoms with Crippen LogP contribution in [0.3, 0.4) is 0 Å². The molecule has 0 aliphatic heterocycles. The van der Waals surface area contributed by atoms with Gasteiger partial charge in [-0.25, -0.2) is 0 Å². The van der Waals surface area contributed by atoms with Crippen LogP contribution in [0.5, 0.6) is 0 Å². The Hall–Kier alpha value is -1.00. The van der Waals surface area contributed by atoms with E-state index >= 15 is 0 Å². The van der Waals surface area contributed by atoms with Crippen LogP contribution in [0.2, 0.25) is 0 Å². The van der Waals surface area contributed by atoms with Crippen LogP contribution in [0.25, 0.3) is 0 Å². The maximum absolute atomic E-state index is 12.0. The number of hydrogen-bond donors (Lipinski definition) is 3. The molecule has 0 saturated heterocycles. The maximum Gasteiger partial charge on any atom is 0.252 e. The van der Waals surface area contributed by atoms with Gasteiger partial charge in [0.1, 0.15) is 0 Å². The molecule has 1 saturated carbocycles. The van der Waals surface area contributed by atoms with Crippen molar-refractivity contribution in [2.75, 3.05) is 13.2 Å². The Balaban J connectivity index is 1.91. The Bertz CT molecular complexity index is 422. The average Bonchev–Trinajstić information content (AvgIpc) is 2.84. The van der Waals surface area contributed by atoms with E-state index in [2.05, 4.69) is 17.9 Å². The Kier molecular flexibility index (Phi) is 4.66. The summed E-state index contributed by atoms with van der Waals surface area (Å²) in [7, 11) is 0. The maximum atomic E-state index is 12.0. The van der Waals surface area contributed by atoms with Crippen LogP contribution in [-0.4, -0.2) is 24.2 Å². The standard InChI is InChI=1S/C14H19NO2S/c16-9-11-5-3-4-10(11)8-15-14(17)12-6-1-2-7-13(12)18/h1-2,6-7,10-11,16,18H,3-5,8-9H2,(H,15,17).